The van der Waals surface area contributed by atoms with Gasteiger partial charge in [-0.15, -0.1) is 0 Å². The standard InChI is InChI=1S/C20H18FN3O3/c1-24-16-5-4-14(21)11-15(16)23-19(24)8-9-22-20(25)7-3-13-2-6-17-18(10-13)27-12-26-17/h2-7,10-11H,8-9,12H2,1H3,(H,22,25)/b7-3+. The zero-order valence-corrected chi connectivity index (χ0v) is 14.7. The van der Waals surface area contributed by atoms with E-state index in [0.29, 0.717) is 30.0 Å². The molecule has 1 N–H and O–H groups in total. The first-order valence-corrected chi connectivity index (χ1v) is 8.56. The van der Waals surface area contributed by atoms with Crippen LogP contribution in [0.4, 0.5) is 4.39 Å². The minimum absolute atomic E-state index is 0.197. The van der Waals surface area contributed by atoms with Crippen LogP contribution in [-0.4, -0.2) is 28.8 Å². The van der Waals surface area contributed by atoms with E-state index in [1.54, 1.807) is 12.1 Å². The van der Waals surface area contributed by atoms with Crippen LogP contribution in [0.3, 0.4) is 0 Å². The van der Waals surface area contributed by atoms with Crippen molar-refractivity contribution in [2.45, 2.75) is 6.42 Å². The lowest BCUT2D eigenvalue weighted by molar-refractivity contribution is -0.116. The number of imidazole rings is 1. The summed E-state index contributed by atoms with van der Waals surface area (Å²) in [4.78, 5) is 16.4. The van der Waals surface area contributed by atoms with Crippen molar-refractivity contribution in [2.24, 2.45) is 7.05 Å². The van der Waals surface area contributed by atoms with Gasteiger partial charge in [-0.25, -0.2) is 9.37 Å². The highest BCUT2D eigenvalue weighted by atomic mass is 19.1. The van der Waals surface area contributed by atoms with Gasteiger partial charge in [0, 0.05) is 32.2 Å². The molecule has 0 saturated carbocycles. The van der Waals surface area contributed by atoms with Gasteiger partial charge in [-0.05, 0) is 35.9 Å². The van der Waals surface area contributed by atoms with Crippen molar-refractivity contribution in [3.8, 4) is 11.5 Å². The molecule has 2 heterocycles. The minimum Gasteiger partial charge on any atom is -0.454 e. The zero-order chi connectivity index (χ0) is 18.8. The average Bonchev–Trinajstić information content (AvgIpc) is 3.24. The van der Waals surface area contributed by atoms with Gasteiger partial charge in [0.1, 0.15) is 11.6 Å². The highest BCUT2D eigenvalue weighted by Gasteiger charge is 2.12. The van der Waals surface area contributed by atoms with Gasteiger partial charge in [0.25, 0.3) is 0 Å². The lowest BCUT2D eigenvalue weighted by atomic mass is 10.2. The number of hydrogen-bond acceptors (Lipinski definition) is 4. The maximum atomic E-state index is 13.3. The molecule has 1 amide bonds. The van der Waals surface area contributed by atoms with E-state index in [2.05, 4.69) is 10.3 Å². The van der Waals surface area contributed by atoms with E-state index in [1.807, 2.05) is 29.8 Å². The maximum absolute atomic E-state index is 13.3. The second-order valence-electron chi connectivity index (χ2n) is 6.21. The monoisotopic (exact) mass is 367 g/mol. The molecule has 0 bridgehead atoms. The van der Waals surface area contributed by atoms with Crippen LogP contribution in [0.15, 0.2) is 42.5 Å². The number of rotatable bonds is 5. The summed E-state index contributed by atoms with van der Waals surface area (Å²) in [6.45, 7) is 0.655. The molecule has 7 heteroatoms. The third-order valence-corrected chi connectivity index (χ3v) is 4.41. The van der Waals surface area contributed by atoms with Crippen molar-refractivity contribution < 1.29 is 18.7 Å². The van der Waals surface area contributed by atoms with E-state index < -0.39 is 0 Å². The summed E-state index contributed by atoms with van der Waals surface area (Å²) in [6.07, 6.45) is 3.74. The third kappa shape index (κ3) is 3.62. The molecule has 3 aromatic rings. The predicted octanol–water partition coefficient (Wildman–Crippen LogP) is 2.81. The quantitative estimate of drug-likeness (QED) is 0.705. The van der Waals surface area contributed by atoms with Crippen LogP contribution in [0, 0.1) is 5.82 Å². The van der Waals surface area contributed by atoms with Gasteiger partial charge in [0.2, 0.25) is 12.7 Å². The van der Waals surface area contributed by atoms with Crippen molar-refractivity contribution in [1.82, 2.24) is 14.9 Å². The molecular formula is C20H18FN3O3. The van der Waals surface area contributed by atoms with Crippen molar-refractivity contribution in [3.05, 3.63) is 59.7 Å². The first kappa shape index (κ1) is 17.1. The molecule has 0 unspecified atom stereocenters. The summed E-state index contributed by atoms with van der Waals surface area (Å²) >= 11 is 0. The number of carbonyl (C=O) groups excluding carboxylic acids is 1. The van der Waals surface area contributed by atoms with E-state index in [0.717, 1.165) is 16.9 Å². The third-order valence-electron chi connectivity index (χ3n) is 4.41. The van der Waals surface area contributed by atoms with Gasteiger partial charge in [-0.1, -0.05) is 6.07 Å². The Morgan fingerprint density at radius 3 is 3.00 bits per heavy atom. The van der Waals surface area contributed by atoms with Gasteiger partial charge in [-0.2, -0.15) is 0 Å². The van der Waals surface area contributed by atoms with E-state index in [1.165, 1.54) is 18.2 Å². The molecule has 1 aromatic heterocycles. The molecule has 0 atom stereocenters. The van der Waals surface area contributed by atoms with Crippen molar-refractivity contribution >= 4 is 23.0 Å². The van der Waals surface area contributed by atoms with Gasteiger partial charge < -0.3 is 19.4 Å². The van der Waals surface area contributed by atoms with Crippen LogP contribution < -0.4 is 14.8 Å². The summed E-state index contributed by atoms with van der Waals surface area (Å²) in [5, 5.41) is 2.83. The Bertz CT molecular complexity index is 1040. The number of fused-ring (bicyclic) bond motifs is 2. The maximum Gasteiger partial charge on any atom is 0.244 e. The molecule has 0 radical (unpaired) electrons. The molecule has 27 heavy (non-hydrogen) atoms. The fraction of sp³-hybridized carbons (Fsp3) is 0.200. The Morgan fingerprint density at radius 1 is 1.26 bits per heavy atom. The molecule has 2 aromatic carbocycles. The second kappa shape index (κ2) is 7.11. The molecule has 0 saturated heterocycles. The summed E-state index contributed by atoms with van der Waals surface area (Å²) in [7, 11) is 1.88. The number of benzene rings is 2. The van der Waals surface area contributed by atoms with Crippen molar-refractivity contribution in [1.29, 1.82) is 0 Å². The first-order valence-electron chi connectivity index (χ1n) is 8.56. The smallest absolute Gasteiger partial charge is 0.244 e. The van der Waals surface area contributed by atoms with E-state index >= 15 is 0 Å². The summed E-state index contributed by atoms with van der Waals surface area (Å²) in [6, 6.07) is 10.0. The zero-order valence-electron chi connectivity index (χ0n) is 14.7. The molecule has 0 fully saturated rings. The molecule has 0 spiro atoms. The van der Waals surface area contributed by atoms with E-state index in [9.17, 15) is 9.18 Å². The van der Waals surface area contributed by atoms with Gasteiger partial charge in [0.05, 0.1) is 11.0 Å². The van der Waals surface area contributed by atoms with Gasteiger partial charge in [0.15, 0.2) is 11.5 Å². The molecular weight excluding hydrogens is 349 g/mol. The fourth-order valence-corrected chi connectivity index (χ4v) is 2.99. The average molecular weight is 367 g/mol. The number of carbonyl (C=O) groups is 1. The van der Waals surface area contributed by atoms with Crippen molar-refractivity contribution in [3.63, 3.8) is 0 Å². The SMILES string of the molecule is Cn1c(CCNC(=O)/C=C/c2ccc3c(c2)OCO3)nc2cc(F)ccc21. The normalized spacial score (nSPS) is 12.8. The number of aryl methyl sites for hydroxylation is 1. The first-order chi connectivity index (χ1) is 13.1. The Labute approximate surface area is 155 Å². The number of nitrogens with zero attached hydrogens (tertiary/aromatic N) is 2. The number of amides is 1. The number of aromatic nitrogens is 2. The van der Waals surface area contributed by atoms with Crippen LogP contribution in [-0.2, 0) is 18.3 Å². The summed E-state index contributed by atoms with van der Waals surface area (Å²) < 4.78 is 25.8. The predicted molar refractivity (Wildman–Crippen MR) is 99.0 cm³/mol. The van der Waals surface area contributed by atoms with Crippen LogP contribution in [0.25, 0.3) is 17.1 Å². The van der Waals surface area contributed by atoms with Crippen LogP contribution in [0.5, 0.6) is 11.5 Å². The molecule has 138 valence electrons. The summed E-state index contributed by atoms with van der Waals surface area (Å²) in [5.41, 5.74) is 2.33. The largest absolute Gasteiger partial charge is 0.454 e. The Hall–Kier alpha value is -3.35. The van der Waals surface area contributed by atoms with Gasteiger partial charge in [-0.3, -0.25) is 4.79 Å². The number of ether oxygens (including phenoxy) is 2. The molecule has 6 nitrogen and oxygen atoms in total. The fourth-order valence-electron chi connectivity index (χ4n) is 2.99. The van der Waals surface area contributed by atoms with Crippen molar-refractivity contribution in [2.75, 3.05) is 13.3 Å². The lowest BCUT2D eigenvalue weighted by Gasteiger charge is -2.03. The molecule has 4 rings (SSSR count). The second-order valence-corrected chi connectivity index (χ2v) is 6.21. The number of halogens is 1. The topological polar surface area (TPSA) is 65.4 Å². The lowest BCUT2D eigenvalue weighted by Crippen LogP contribution is -2.24. The minimum atomic E-state index is -0.311. The molecule has 1 aliphatic heterocycles. The van der Waals surface area contributed by atoms with Crippen LogP contribution >= 0.6 is 0 Å². The molecule has 1 aliphatic rings. The van der Waals surface area contributed by atoms with Gasteiger partial charge >= 0.3 is 0 Å². The Kier molecular flexibility index (Phi) is 4.50. The highest BCUT2D eigenvalue weighted by Crippen LogP contribution is 2.32. The Balaban J connectivity index is 1.34. The summed E-state index contributed by atoms with van der Waals surface area (Å²) in [5.74, 6) is 1.66. The molecule has 0 aliphatic carbocycles. The number of nitrogens with one attached hydrogen (secondary N) is 1. The Morgan fingerprint density at radius 2 is 2.11 bits per heavy atom. The highest BCUT2D eigenvalue weighted by molar-refractivity contribution is 5.91. The van der Waals surface area contributed by atoms with Crippen LogP contribution in [0.1, 0.15) is 11.4 Å². The van der Waals surface area contributed by atoms with E-state index in [-0.39, 0.29) is 18.5 Å². The van der Waals surface area contributed by atoms with Crippen LogP contribution in [0.2, 0.25) is 0 Å². The number of hydrogen-bond donors (Lipinski definition) is 1. The van der Waals surface area contributed by atoms with E-state index in [4.69, 9.17) is 9.47 Å².